The summed E-state index contributed by atoms with van der Waals surface area (Å²) in [7, 11) is 0. The van der Waals surface area contributed by atoms with E-state index in [0.717, 1.165) is 29.7 Å². The maximum absolute atomic E-state index is 12.4. The van der Waals surface area contributed by atoms with Gasteiger partial charge in [-0.2, -0.15) is 5.26 Å². The van der Waals surface area contributed by atoms with E-state index in [0.29, 0.717) is 13.1 Å². The standard InChI is InChI=1S/C20H21N3O/c1-15-7-9-17(10-8-15)18-5-2-6-19(12-18)22-20(24)23-11-3-4-16(13-21)14-23/h2,5-10,12,16H,3-4,11,14H2,1H3,(H,22,24)/t16-/m1/s1. The van der Waals surface area contributed by atoms with Gasteiger partial charge in [0.2, 0.25) is 0 Å². The number of likely N-dealkylation sites (tertiary alicyclic amines) is 1. The molecule has 0 unspecified atom stereocenters. The zero-order chi connectivity index (χ0) is 16.9. The SMILES string of the molecule is Cc1ccc(-c2cccc(NC(=O)N3CCC[C@H](C#N)C3)c2)cc1. The topological polar surface area (TPSA) is 56.1 Å². The lowest BCUT2D eigenvalue weighted by Gasteiger charge is -2.29. The van der Waals surface area contributed by atoms with Crippen molar-refractivity contribution < 1.29 is 4.79 Å². The maximum atomic E-state index is 12.4. The average Bonchev–Trinajstić information content (AvgIpc) is 2.62. The molecule has 4 nitrogen and oxygen atoms in total. The van der Waals surface area contributed by atoms with Crippen molar-refractivity contribution in [1.82, 2.24) is 4.90 Å². The molecule has 0 saturated carbocycles. The molecule has 122 valence electrons. The highest BCUT2D eigenvalue weighted by Gasteiger charge is 2.23. The first kappa shape index (κ1) is 16.1. The molecule has 2 amide bonds. The molecule has 1 heterocycles. The van der Waals surface area contributed by atoms with Gasteiger partial charge in [0.15, 0.2) is 0 Å². The molecule has 1 aliphatic rings. The fourth-order valence-electron chi connectivity index (χ4n) is 2.99. The van der Waals surface area contributed by atoms with Crippen LogP contribution in [-0.4, -0.2) is 24.0 Å². The van der Waals surface area contributed by atoms with Crippen LogP contribution in [0.3, 0.4) is 0 Å². The van der Waals surface area contributed by atoms with E-state index in [2.05, 4.69) is 42.6 Å². The smallest absolute Gasteiger partial charge is 0.321 e. The summed E-state index contributed by atoms with van der Waals surface area (Å²) in [5.41, 5.74) is 4.19. The summed E-state index contributed by atoms with van der Waals surface area (Å²) in [6, 6.07) is 18.3. The van der Waals surface area contributed by atoms with Crippen molar-refractivity contribution >= 4 is 11.7 Å². The number of nitriles is 1. The van der Waals surface area contributed by atoms with Gasteiger partial charge >= 0.3 is 6.03 Å². The van der Waals surface area contributed by atoms with Crippen molar-refractivity contribution in [2.24, 2.45) is 5.92 Å². The third kappa shape index (κ3) is 3.75. The molecular weight excluding hydrogens is 298 g/mol. The number of hydrogen-bond acceptors (Lipinski definition) is 2. The van der Waals surface area contributed by atoms with Gasteiger partial charge in [-0.25, -0.2) is 4.79 Å². The third-order valence-corrected chi connectivity index (χ3v) is 4.39. The van der Waals surface area contributed by atoms with E-state index in [9.17, 15) is 4.79 Å². The van der Waals surface area contributed by atoms with Gasteiger partial charge in [-0.3, -0.25) is 0 Å². The second-order valence-corrected chi connectivity index (χ2v) is 6.29. The second-order valence-electron chi connectivity index (χ2n) is 6.29. The zero-order valence-corrected chi connectivity index (χ0v) is 13.8. The monoisotopic (exact) mass is 319 g/mol. The van der Waals surface area contributed by atoms with E-state index in [-0.39, 0.29) is 11.9 Å². The number of amides is 2. The summed E-state index contributed by atoms with van der Waals surface area (Å²) in [6.07, 6.45) is 1.76. The van der Waals surface area contributed by atoms with Gasteiger partial charge < -0.3 is 10.2 Å². The van der Waals surface area contributed by atoms with Gasteiger partial charge in [0, 0.05) is 18.8 Å². The molecule has 0 bridgehead atoms. The summed E-state index contributed by atoms with van der Waals surface area (Å²) >= 11 is 0. The molecule has 4 heteroatoms. The predicted octanol–water partition coefficient (Wildman–Crippen LogP) is 4.43. The van der Waals surface area contributed by atoms with Crippen molar-refractivity contribution in [3.05, 3.63) is 54.1 Å². The van der Waals surface area contributed by atoms with Gasteiger partial charge in [-0.05, 0) is 43.0 Å². The number of rotatable bonds is 2. The van der Waals surface area contributed by atoms with Crippen LogP contribution in [0.15, 0.2) is 48.5 Å². The molecule has 3 rings (SSSR count). The third-order valence-electron chi connectivity index (χ3n) is 4.39. The van der Waals surface area contributed by atoms with Crippen LogP contribution in [0.25, 0.3) is 11.1 Å². The van der Waals surface area contributed by atoms with Crippen LogP contribution >= 0.6 is 0 Å². The highest BCUT2D eigenvalue weighted by atomic mass is 16.2. The Hall–Kier alpha value is -2.80. The van der Waals surface area contributed by atoms with Crippen LogP contribution in [0.2, 0.25) is 0 Å². The number of carbonyl (C=O) groups excluding carboxylic acids is 1. The van der Waals surface area contributed by atoms with E-state index >= 15 is 0 Å². The Morgan fingerprint density at radius 2 is 2.00 bits per heavy atom. The number of nitrogens with one attached hydrogen (secondary N) is 1. The zero-order valence-electron chi connectivity index (χ0n) is 13.8. The van der Waals surface area contributed by atoms with E-state index in [1.165, 1.54) is 5.56 Å². The molecule has 1 fully saturated rings. The van der Waals surface area contributed by atoms with Crippen LogP contribution < -0.4 is 5.32 Å². The largest absolute Gasteiger partial charge is 0.323 e. The first-order chi connectivity index (χ1) is 11.7. The molecule has 0 aromatic heterocycles. The van der Waals surface area contributed by atoms with Crippen molar-refractivity contribution in [3.8, 4) is 17.2 Å². The van der Waals surface area contributed by atoms with Crippen molar-refractivity contribution in [3.63, 3.8) is 0 Å². The summed E-state index contributed by atoms with van der Waals surface area (Å²) in [5.74, 6) is -0.0524. The summed E-state index contributed by atoms with van der Waals surface area (Å²) in [5, 5.41) is 12.0. The molecule has 2 aromatic carbocycles. The normalized spacial score (nSPS) is 17.2. The lowest BCUT2D eigenvalue weighted by Crippen LogP contribution is -2.42. The van der Waals surface area contributed by atoms with E-state index in [1.54, 1.807) is 4.90 Å². The minimum Gasteiger partial charge on any atom is -0.323 e. The molecule has 0 aliphatic carbocycles. The minimum absolute atomic E-state index is 0.0524. The average molecular weight is 319 g/mol. The predicted molar refractivity (Wildman–Crippen MR) is 95.5 cm³/mol. The molecule has 0 radical (unpaired) electrons. The highest BCUT2D eigenvalue weighted by Crippen LogP contribution is 2.24. The minimum atomic E-state index is -0.129. The molecule has 1 N–H and O–H groups in total. The Morgan fingerprint density at radius 3 is 2.75 bits per heavy atom. The maximum Gasteiger partial charge on any atom is 0.321 e. The Balaban J connectivity index is 1.71. The van der Waals surface area contributed by atoms with Gasteiger partial charge in [0.1, 0.15) is 0 Å². The number of piperidine rings is 1. The molecule has 2 aromatic rings. The summed E-state index contributed by atoms with van der Waals surface area (Å²) < 4.78 is 0. The lowest BCUT2D eigenvalue weighted by atomic mass is 10.0. The number of benzene rings is 2. The molecular formula is C20H21N3O. The van der Waals surface area contributed by atoms with Crippen LogP contribution in [0.5, 0.6) is 0 Å². The summed E-state index contributed by atoms with van der Waals surface area (Å²) in [6.45, 7) is 3.29. The van der Waals surface area contributed by atoms with Crippen molar-refractivity contribution in [2.45, 2.75) is 19.8 Å². The number of anilines is 1. The van der Waals surface area contributed by atoms with Crippen molar-refractivity contribution in [2.75, 3.05) is 18.4 Å². The van der Waals surface area contributed by atoms with E-state index in [1.807, 2.05) is 24.3 Å². The number of aryl methyl sites for hydroxylation is 1. The number of nitrogens with zero attached hydrogens (tertiary/aromatic N) is 2. The first-order valence-electron chi connectivity index (χ1n) is 8.28. The van der Waals surface area contributed by atoms with Gasteiger partial charge in [-0.15, -0.1) is 0 Å². The van der Waals surface area contributed by atoms with Crippen LogP contribution in [0, 0.1) is 24.2 Å². The van der Waals surface area contributed by atoms with Crippen LogP contribution in [-0.2, 0) is 0 Å². The first-order valence-corrected chi connectivity index (χ1v) is 8.28. The van der Waals surface area contributed by atoms with Gasteiger partial charge in [0.05, 0.1) is 12.0 Å². The Morgan fingerprint density at radius 1 is 1.21 bits per heavy atom. The molecule has 1 saturated heterocycles. The van der Waals surface area contributed by atoms with Crippen molar-refractivity contribution in [1.29, 1.82) is 5.26 Å². The Bertz CT molecular complexity index is 761. The quantitative estimate of drug-likeness (QED) is 0.890. The highest BCUT2D eigenvalue weighted by molar-refractivity contribution is 5.90. The fraction of sp³-hybridized carbons (Fsp3) is 0.300. The van der Waals surface area contributed by atoms with Crippen LogP contribution in [0.4, 0.5) is 10.5 Å². The van der Waals surface area contributed by atoms with Gasteiger partial charge in [0.25, 0.3) is 0 Å². The molecule has 1 atom stereocenters. The van der Waals surface area contributed by atoms with E-state index < -0.39 is 0 Å². The fourth-order valence-corrected chi connectivity index (χ4v) is 2.99. The molecule has 0 spiro atoms. The number of urea groups is 1. The van der Waals surface area contributed by atoms with Gasteiger partial charge in [-0.1, -0.05) is 42.0 Å². The lowest BCUT2D eigenvalue weighted by molar-refractivity contribution is 0.189. The summed E-state index contributed by atoms with van der Waals surface area (Å²) in [4.78, 5) is 14.2. The van der Waals surface area contributed by atoms with E-state index in [4.69, 9.17) is 5.26 Å². The Labute approximate surface area is 142 Å². The number of hydrogen-bond donors (Lipinski definition) is 1. The molecule has 24 heavy (non-hydrogen) atoms. The molecule has 1 aliphatic heterocycles. The number of carbonyl (C=O) groups is 1. The Kier molecular flexibility index (Phi) is 4.81. The van der Waals surface area contributed by atoms with Crippen LogP contribution in [0.1, 0.15) is 18.4 Å². The second kappa shape index (κ2) is 7.18.